The molecule has 0 fully saturated rings. The Kier molecular flexibility index (Phi) is 4.47. The number of carbonyl (C=O) groups excluding carboxylic acids is 1. The molecule has 1 amide bonds. The zero-order valence-electron chi connectivity index (χ0n) is 8.29. The lowest BCUT2D eigenvalue weighted by molar-refractivity contribution is -0.120. The zero-order chi connectivity index (χ0) is 10.2. The molecule has 0 aliphatic heterocycles. The summed E-state index contributed by atoms with van der Waals surface area (Å²) in [6, 6.07) is 3.78. The number of pyridine rings is 1. The maximum atomic E-state index is 10.9. The fourth-order valence-corrected chi connectivity index (χ4v) is 1.00. The van der Waals surface area contributed by atoms with Gasteiger partial charge in [0.2, 0.25) is 5.91 Å². The third-order valence-electron chi connectivity index (χ3n) is 1.78. The topological polar surface area (TPSA) is 54.0 Å². The second-order valence-corrected chi connectivity index (χ2v) is 2.87. The number of anilines is 1. The molecule has 1 aromatic rings. The van der Waals surface area contributed by atoms with E-state index in [2.05, 4.69) is 15.6 Å². The summed E-state index contributed by atoms with van der Waals surface area (Å²) < 4.78 is 0. The Hall–Kier alpha value is -1.58. The molecule has 14 heavy (non-hydrogen) atoms. The maximum Gasteiger partial charge on any atom is 0.219 e. The van der Waals surface area contributed by atoms with Gasteiger partial charge in [-0.2, -0.15) is 0 Å². The average Bonchev–Trinajstić information content (AvgIpc) is 2.25. The number of nitrogens with one attached hydrogen (secondary N) is 2. The van der Waals surface area contributed by atoms with Crippen molar-refractivity contribution in [2.45, 2.75) is 13.3 Å². The second-order valence-electron chi connectivity index (χ2n) is 2.87. The molecule has 0 aromatic carbocycles. The smallest absolute Gasteiger partial charge is 0.219 e. The first-order chi connectivity index (χ1) is 6.83. The molecule has 4 nitrogen and oxygen atoms in total. The standard InChI is InChI=1S/C10H15N3O/c1-2-10(14)13-8-7-12-9-3-5-11-6-4-9/h3-6H,2,7-8H2,1H3,(H,11,12)(H,13,14). The molecule has 1 rings (SSSR count). The highest BCUT2D eigenvalue weighted by Crippen LogP contribution is 2.01. The van der Waals surface area contributed by atoms with E-state index in [1.54, 1.807) is 12.4 Å². The summed E-state index contributed by atoms with van der Waals surface area (Å²) in [5.41, 5.74) is 1.02. The van der Waals surface area contributed by atoms with Crippen LogP contribution in [0.4, 0.5) is 5.69 Å². The molecule has 0 saturated carbocycles. The molecule has 0 radical (unpaired) electrons. The van der Waals surface area contributed by atoms with E-state index in [1.165, 1.54) is 0 Å². The van der Waals surface area contributed by atoms with Gasteiger partial charge in [-0.25, -0.2) is 0 Å². The van der Waals surface area contributed by atoms with Crippen molar-refractivity contribution in [3.05, 3.63) is 24.5 Å². The van der Waals surface area contributed by atoms with E-state index >= 15 is 0 Å². The largest absolute Gasteiger partial charge is 0.383 e. The molecule has 0 aliphatic rings. The van der Waals surface area contributed by atoms with Crippen molar-refractivity contribution in [3.8, 4) is 0 Å². The fourth-order valence-electron chi connectivity index (χ4n) is 1.00. The summed E-state index contributed by atoms with van der Waals surface area (Å²) in [6.45, 7) is 3.22. The summed E-state index contributed by atoms with van der Waals surface area (Å²) in [7, 11) is 0. The van der Waals surface area contributed by atoms with E-state index in [0.717, 1.165) is 12.2 Å². The summed E-state index contributed by atoms with van der Waals surface area (Å²) in [5, 5.41) is 5.95. The predicted molar refractivity (Wildman–Crippen MR) is 56.0 cm³/mol. The highest BCUT2D eigenvalue weighted by molar-refractivity contribution is 5.75. The van der Waals surface area contributed by atoms with E-state index in [1.807, 2.05) is 19.1 Å². The summed E-state index contributed by atoms with van der Waals surface area (Å²) >= 11 is 0. The fraction of sp³-hybridized carbons (Fsp3) is 0.400. The van der Waals surface area contributed by atoms with Gasteiger partial charge in [-0.1, -0.05) is 6.92 Å². The number of carbonyl (C=O) groups is 1. The van der Waals surface area contributed by atoms with E-state index < -0.39 is 0 Å². The van der Waals surface area contributed by atoms with Crippen LogP contribution in [0.2, 0.25) is 0 Å². The molecular weight excluding hydrogens is 178 g/mol. The van der Waals surface area contributed by atoms with Crippen LogP contribution in [0.25, 0.3) is 0 Å². The Balaban J connectivity index is 2.13. The Morgan fingerprint density at radius 1 is 1.36 bits per heavy atom. The Labute approximate surface area is 83.7 Å². The van der Waals surface area contributed by atoms with Crippen LogP contribution in [0.15, 0.2) is 24.5 Å². The maximum absolute atomic E-state index is 10.9. The predicted octanol–water partition coefficient (Wildman–Crippen LogP) is 1.02. The molecule has 76 valence electrons. The Morgan fingerprint density at radius 2 is 2.07 bits per heavy atom. The van der Waals surface area contributed by atoms with Crippen molar-refractivity contribution in [3.63, 3.8) is 0 Å². The van der Waals surface area contributed by atoms with Crippen molar-refractivity contribution in [1.29, 1.82) is 0 Å². The average molecular weight is 193 g/mol. The third kappa shape index (κ3) is 3.89. The van der Waals surface area contributed by atoms with Gasteiger partial charge in [0.15, 0.2) is 0 Å². The van der Waals surface area contributed by atoms with Gasteiger partial charge < -0.3 is 10.6 Å². The minimum absolute atomic E-state index is 0.0847. The molecule has 0 aliphatic carbocycles. The van der Waals surface area contributed by atoms with Crippen LogP contribution in [0.3, 0.4) is 0 Å². The van der Waals surface area contributed by atoms with Gasteiger partial charge in [0.05, 0.1) is 0 Å². The van der Waals surface area contributed by atoms with E-state index in [0.29, 0.717) is 13.0 Å². The van der Waals surface area contributed by atoms with E-state index in [-0.39, 0.29) is 5.91 Å². The number of amides is 1. The van der Waals surface area contributed by atoms with Gasteiger partial charge >= 0.3 is 0 Å². The van der Waals surface area contributed by atoms with Crippen molar-refractivity contribution in [2.24, 2.45) is 0 Å². The molecule has 4 heteroatoms. The third-order valence-corrected chi connectivity index (χ3v) is 1.78. The first-order valence-electron chi connectivity index (χ1n) is 4.73. The van der Waals surface area contributed by atoms with Gasteiger partial charge in [0.25, 0.3) is 0 Å². The molecule has 1 heterocycles. The molecule has 0 unspecified atom stereocenters. The number of rotatable bonds is 5. The van der Waals surface area contributed by atoms with Gasteiger partial charge in [-0.3, -0.25) is 9.78 Å². The lowest BCUT2D eigenvalue weighted by Gasteiger charge is -2.06. The number of hydrogen-bond donors (Lipinski definition) is 2. The van der Waals surface area contributed by atoms with Gasteiger partial charge in [-0.05, 0) is 12.1 Å². The van der Waals surface area contributed by atoms with Crippen molar-refractivity contribution in [2.75, 3.05) is 18.4 Å². The van der Waals surface area contributed by atoms with Crippen LogP contribution in [0, 0.1) is 0 Å². The summed E-state index contributed by atoms with van der Waals surface area (Å²) in [4.78, 5) is 14.8. The lowest BCUT2D eigenvalue weighted by atomic mass is 10.4. The zero-order valence-corrected chi connectivity index (χ0v) is 8.29. The minimum atomic E-state index is 0.0847. The minimum Gasteiger partial charge on any atom is -0.383 e. The SMILES string of the molecule is CCC(=O)NCCNc1ccncc1. The van der Waals surface area contributed by atoms with Gasteiger partial charge in [-0.15, -0.1) is 0 Å². The Bertz CT molecular complexity index is 274. The molecular formula is C10H15N3O. The van der Waals surface area contributed by atoms with Crippen LogP contribution < -0.4 is 10.6 Å². The van der Waals surface area contributed by atoms with Crippen molar-refractivity contribution < 1.29 is 4.79 Å². The molecule has 1 aromatic heterocycles. The first kappa shape index (κ1) is 10.5. The summed E-state index contributed by atoms with van der Waals surface area (Å²) in [6.07, 6.45) is 4.00. The van der Waals surface area contributed by atoms with Crippen LogP contribution in [0.5, 0.6) is 0 Å². The van der Waals surface area contributed by atoms with Crippen LogP contribution in [0.1, 0.15) is 13.3 Å². The van der Waals surface area contributed by atoms with Crippen molar-refractivity contribution in [1.82, 2.24) is 10.3 Å². The lowest BCUT2D eigenvalue weighted by Crippen LogP contribution is -2.27. The number of hydrogen-bond acceptors (Lipinski definition) is 3. The van der Waals surface area contributed by atoms with E-state index in [9.17, 15) is 4.79 Å². The van der Waals surface area contributed by atoms with Crippen LogP contribution in [-0.2, 0) is 4.79 Å². The quantitative estimate of drug-likeness (QED) is 0.686. The number of nitrogens with zero attached hydrogens (tertiary/aromatic N) is 1. The highest BCUT2D eigenvalue weighted by atomic mass is 16.1. The second kappa shape index (κ2) is 5.96. The highest BCUT2D eigenvalue weighted by Gasteiger charge is 1.94. The normalized spacial score (nSPS) is 9.50. The van der Waals surface area contributed by atoms with Crippen molar-refractivity contribution >= 4 is 11.6 Å². The number of aromatic nitrogens is 1. The van der Waals surface area contributed by atoms with Crippen LogP contribution in [-0.4, -0.2) is 24.0 Å². The molecule has 0 bridgehead atoms. The van der Waals surface area contributed by atoms with Crippen LogP contribution >= 0.6 is 0 Å². The van der Waals surface area contributed by atoms with E-state index in [4.69, 9.17) is 0 Å². The summed E-state index contributed by atoms with van der Waals surface area (Å²) in [5.74, 6) is 0.0847. The molecule has 0 atom stereocenters. The van der Waals surface area contributed by atoms with Gasteiger partial charge in [0, 0.05) is 37.6 Å². The molecule has 0 spiro atoms. The Morgan fingerprint density at radius 3 is 2.71 bits per heavy atom. The monoisotopic (exact) mass is 193 g/mol. The molecule has 2 N–H and O–H groups in total. The van der Waals surface area contributed by atoms with Gasteiger partial charge in [0.1, 0.15) is 0 Å². The molecule has 0 saturated heterocycles. The first-order valence-corrected chi connectivity index (χ1v) is 4.73.